The number of anilines is 2. The average molecular weight is 299 g/mol. The van der Waals surface area contributed by atoms with Crippen LogP contribution in [-0.2, 0) is 11.2 Å². The fraction of sp³-hybridized carbons (Fsp3) is 0.250. The maximum absolute atomic E-state index is 12.6. The van der Waals surface area contributed by atoms with Crippen LogP contribution in [0.15, 0.2) is 47.6 Å². The van der Waals surface area contributed by atoms with Crippen molar-refractivity contribution in [1.82, 2.24) is 4.98 Å². The predicted molar refractivity (Wildman–Crippen MR) is 86.5 cm³/mol. The van der Waals surface area contributed by atoms with Crippen molar-refractivity contribution in [3.8, 4) is 0 Å². The number of rotatable bonds is 3. The molecule has 1 atom stereocenters. The van der Waals surface area contributed by atoms with Crippen LogP contribution in [0.1, 0.15) is 12.5 Å². The number of hydrogen-bond acceptors (Lipinski definition) is 4. The first-order valence-electron chi connectivity index (χ1n) is 6.89. The van der Waals surface area contributed by atoms with Gasteiger partial charge in [0.05, 0.1) is 17.6 Å². The highest BCUT2D eigenvalue weighted by molar-refractivity contribution is 8.00. The van der Waals surface area contributed by atoms with Crippen molar-refractivity contribution in [2.45, 2.75) is 24.3 Å². The van der Waals surface area contributed by atoms with Gasteiger partial charge in [0.15, 0.2) is 0 Å². The number of hydrogen-bond donors (Lipinski definition) is 1. The van der Waals surface area contributed by atoms with Crippen LogP contribution in [0.4, 0.5) is 11.4 Å². The van der Waals surface area contributed by atoms with Gasteiger partial charge in [0, 0.05) is 22.8 Å². The summed E-state index contributed by atoms with van der Waals surface area (Å²) in [6.07, 6.45) is 4.22. The summed E-state index contributed by atoms with van der Waals surface area (Å²) < 4.78 is 0. The van der Waals surface area contributed by atoms with E-state index in [4.69, 9.17) is 5.73 Å². The topological polar surface area (TPSA) is 59.2 Å². The smallest absolute Gasteiger partial charge is 0.237 e. The molecule has 2 N–H and O–H groups in total. The number of carbonyl (C=O) groups is 1. The van der Waals surface area contributed by atoms with E-state index in [1.807, 2.05) is 29.2 Å². The van der Waals surface area contributed by atoms with E-state index in [1.54, 1.807) is 12.4 Å². The second-order valence-electron chi connectivity index (χ2n) is 5.15. The first-order valence-corrected chi connectivity index (χ1v) is 7.87. The van der Waals surface area contributed by atoms with Crippen LogP contribution in [0.25, 0.3) is 0 Å². The Kier molecular flexibility index (Phi) is 3.84. The molecule has 4 nitrogen and oxygen atoms in total. The summed E-state index contributed by atoms with van der Waals surface area (Å²) in [5.74, 6) is 0.501. The summed E-state index contributed by atoms with van der Waals surface area (Å²) in [7, 11) is 0. The van der Waals surface area contributed by atoms with Gasteiger partial charge in [0.1, 0.15) is 0 Å². The molecular weight excluding hydrogens is 282 g/mol. The summed E-state index contributed by atoms with van der Waals surface area (Å²) in [6, 6.07) is 10.2. The zero-order chi connectivity index (χ0) is 14.8. The quantitative estimate of drug-likeness (QED) is 0.885. The average Bonchev–Trinajstić information content (AvgIpc) is 2.82. The second kappa shape index (κ2) is 5.77. The van der Waals surface area contributed by atoms with Crippen LogP contribution in [0, 0.1) is 0 Å². The van der Waals surface area contributed by atoms with Gasteiger partial charge in [-0.05, 0) is 31.0 Å². The number of thioether (sulfide) groups is 1. The van der Waals surface area contributed by atoms with E-state index in [1.165, 1.54) is 17.3 Å². The van der Waals surface area contributed by atoms with E-state index < -0.39 is 0 Å². The van der Waals surface area contributed by atoms with E-state index >= 15 is 0 Å². The highest BCUT2D eigenvalue weighted by atomic mass is 32.2. The lowest BCUT2D eigenvalue weighted by Gasteiger charge is -2.22. The van der Waals surface area contributed by atoms with Crippen molar-refractivity contribution in [3.63, 3.8) is 0 Å². The van der Waals surface area contributed by atoms with Gasteiger partial charge in [-0.25, -0.2) is 0 Å². The molecule has 1 aliphatic heterocycles. The molecule has 3 rings (SSSR count). The number of amides is 1. The minimum absolute atomic E-state index is 0.119. The summed E-state index contributed by atoms with van der Waals surface area (Å²) >= 11 is 1.46. The Labute approximate surface area is 128 Å². The molecule has 0 saturated heterocycles. The number of nitrogen functional groups attached to an aromatic ring is 1. The van der Waals surface area contributed by atoms with Gasteiger partial charge in [-0.15, -0.1) is 11.8 Å². The molecule has 21 heavy (non-hydrogen) atoms. The fourth-order valence-corrected chi connectivity index (χ4v) is 3.47. The number of carbonyl (C=O) groups excluding carboxylic acids is 1. The van der Waals surface area contributed by atoms with Crippen molar-refractivity contribution in [1.29, 1.82) is 0 Å². The van der Waals surface area contributed by atoms with Gasteiger partial charge in [-0.3, -0.25) is 9.78 Å². The number of para-hydroxylation sites is 1. The van der Waals surface area contributed by atoms with Crippen LogP contribution < -0.4 is 10.6 Å². The third-order valence-corrected chi connectivity index (χ3v) is 4.71. The van der Waals surface area contributed by atoms with Gasteiger partial charge in [0.25, 0.3) is 0 Å². The Morgan fingerprint density at radius 3 is 3.05 bits per heavy atom. The SMILES string of the molecule is CC1Cc2ccccc2N1C(=O)CSc1ccncc1N. The number of fused-ring (bicyclic) bond motifs is 1. The van der Waals surface area contributed by atoms with Crippen LogP contribution >= 0.6 is 11.8 Å². The van der Waals surface area contributed by atoms with Crippen molar-refractivity contribution in [3.05, 3.63) is 48.3 Å². The summed E-state index contributed by atoms with van der Waals surface area (Å²) in [5, 5.41) is 0. The number of aromatic nitrogens is 1. The van der Waals surface area contributed by atoms with Gasteiger partial charge in [-0.2, -0.15) is 0 Å². The van der Waals surface area contributed by atoms with Crippen molar-refractivity contribution in [2.75, 3.05) is 16.4 Å². The highest BCUT2D eigenvalue weighted by Crippen LogP contribution is 2.33. The Balaban J connectivity index is 1.73. The van der Waals surface area contributed by atoms with E-state index in [0.29, 0.717) is 11.4 Å². The zero-order valence-corrected chi connectivity index (χ0v) is 12.6. The summed E-state index contributed by atoms with van der Waals surface area (Å²) in [4.78, 5) is 19.3. The van der Waals surface area contributed by atoms with Crippen molar-refractivity contribution >= 4 is 29.0 Å². The molecule has 2 heterocycles. The van der Waals surface area contributed by atoms with Crippen LogP contribution in [-0.4, -0.2) is 22.7 Å². The van der Waals surface area contributed by atoms with Crippen molar-refractivity contribution < 1.29 is 4.79 Å². The van der Waals surface area contributed by atoms with Gasteiger partial charge in [-0.1, -0.05) is 18.2 Å². The Morgan fingerprint density at radius 2 is 2.24 bits per heavy atom. The van der Waals surface area contributed by atoms with Gasteiger partial charge in [0.2, 0.25) is 5.91 Å². The zero-order valence-electron chi connectivity index (χ0n) is 11.8. The number of nitrogens with zero attached hydrogens (tertiary/aromatic N) is 2. The molecule has 108 valence electrons. The molecule has 0 aliphatic carbocycles. The summed E-state index contributed by atoms with van der Waals surface area (Å²) in [5.41, 5.74) is 8.75. The third-order valence-electron chi connectivity index (χ3n) is 3.64. The van der Waals surface area contributed by atoms with Gasteiger partial charge >= 0.3 is 0 Å². The molecule has 1 aromatic heterocycles. The fourth-order valence-electron chi connectivity index (χ4n) is 2.68. The lowest BCUT2D eigenvalue weighted by atomic mass is 10.1. The normalized spacial score (nSPS) is 16.8. The lowest BCUT2D eigenvalue weighted by Crippen LogP contribution is -2.36. The standard InChI is InChI=1S/C16H17N3OS/c1-11-8-12-4-2-3-5-14(12)19(11)16(20)10-21-15-6-7-18-9-13(15)17/h2-7,9,11H,8,10,17H2,1H3. The largest absolute Gasteiger partial charge is 0.397 e. The first kappa shape index (κ1) is 13.9. The van der Waals surface area contributed by atoms with Crippen molar-refractivity contribution in [2.24, 2.45) is 0 Å². The van der Waals surface area contributed by atoms with Crippen LogP contribution in [0.5, 0.6) is 0 Å². The molecule has 0 spiro atoms. The summed E-state index contributed by atoms with van der Waals surface area (Å²) in [6.45, 7) is 2.09. The Bertz CT molecular complexity index is 674. The first-order chi connectivity index (χ1) is 10.2. The molecule has 1 aromatic carbocycles. The molecular formula is C16H17N3OS. The predicted octanol–water partition coefficient (Wildman–Crippen LogP) is 2.73. The van der Waals surface area contributed by atoms with Gasteiger partial charge < -0.3 is 10.6 Å². The maximum Gasteiger partial charge on any atom is 0.237 e. The minimum Gasteiger partial charge on any atom is -0.397 e. The maximum atomic E-state index is 12.6. The minimum atomic E-state index is 0.119. The Morgan fingerprint density at radius 1 is 1.43 bits per heavy atom. The van der Waals surface area contributed by atoms with E-state index in [9.17, 15) is 4.79 Å². The monoisotopic (exact) mass is 299 g/mol. The molecule has 0 bridgehead atoms. The number of benzene rings is 1. The van der Waals surface area contributed by atoms with E-state index in [-0.39, 0.29) is 11.9 Å². The lowest BCUT2D eigenvalue weighted by molar-refractivity contribution is -0.116. The molecule has 0 radical (unpaired) electrons. The molecule has 1 unspecified atom stereocenters. The number of nitrogens with two attached hydrogens (primary N) is 1. The van der Waals surface area contributed by atoms with E-state index in [2.05, 4.69) is 18.0 Å². The van der Waals surface area contributed by atoms with E-state index in [0.717, 1.165) is 17.0 Å². The highest BCUT2D eigenvalue weighted by Gasteiger charge is 2.30. The molecule has 0 fully saturated rings. The molecule has 5 heteroatoms. The van der Waals surface area contributed by atoms with Crippen LogP contribution in [0.3, 0.4) is 0 Å². The second-order valence-corrected chi connectivity index (χ2v) is 6.16. The third kappa shape index (κ3) is 2.74. The molecule has 1 amide bonds. The number of pyridine rings is 1. The Hall–Kier alpha value is -2.01. The molecule has 1 aliphatic rings. The van der Waals surface area contributed by atoms with Crippen LogP contribution in [0.2, 0.25) is 0 Å². The molecule has 0 saturated carbocycles. The molecule has 2 aromatic rings.